The van der Waals surface area contributed by atoms with Crippen LogP contribution in [0.1, 0.15) is 17.3 Å². The van der Waals surface area contributed by atoms with Crippen LogP contribution in [0.4, 0.5) is 11.4 Å². The van der Waals surface area contributed by atoms with Gasteiger partial charge < -0.3 is 14.8 Å². The predicted octanol–water partition coefficient (Wildman–Crippen LogP) is 4.77. The Balaban J connectivity index is 1.96. The number of ether oxygens (including phenoxy) is 2. The van der Waals surface area contributed by atoms with Gasteiger partial charge in [0, 0.05) is 16.8 Å². The van der Waals surface area contributed by atoms with E-state index in [9.17, 15) is 4.79 Å². The monoisotopic (exact) mass is 321 g/mol. The molecule has 0 aliphatic carbocycles. The lowest BCUT2D eigenvalue weighted by Crippen LogP contribution is -2.04. The van der Waals surface area contributed by atoms with Crippen LogP contribution in [-0.4, -0.2) is 19.7 Å². The zero-order valence-corrected chi connectivity index (χ0v) is 13.7. The number of anilines is 2. The Labute approximate surface area is 141 Å². The molecule has 3 rings (SSSR count). The Morgan fingerprint density at radius 1 is 1.04 bits per heavy atom. The largest absolute Gasteiger partial charge is 0.497 e. The zero-order chi connectivity index (χ0) is 16.9. The fourth-order valence-corrected chi connectivity index (χ4v) is 2.55. The highest BCUT2D eigenvalue weighted by Crippen LogP contribution is 2.28. The molecule has 4 nitrogen and oxygen atoms in total. The van der Waals surface area contributed by atoms with Crippen LogP contribution in [-0.2, 0) is 4.74 Å². The summed E-state index contributed by atoms with van der Waals surface area (Å²) in [5.74, 6) is 0.502. The van der Waals surface area contributed by atoms with E-state index in [1.807, 2.05) is 54.6 Å². The third-order valence-electron chi connectivity index (χ3n) is 3.76. The highest BCUT2D eigenvalue weighted by Gasteiger charge is 2.09. The maximum atomic E-state index is 12.0. The fraction of sp³-hybridized carbons (Fsp3) is 0.150. The number of esters is 1. The van der Waals surface area contributed by atoms with Crippen molar-refractivity contribution in [3.63, 3.8) is 0 Å². The summed E-state index contributed by atoms with van der Waals surface area (Å²) >= 11 is 0. The van der Waals surface area contributed by atoms with Gasteiger partial charge in [-0.15, -0.1) is 0 Å². The molecule has 0 saturated carbocycles. The Hall–Kier alpha value is -3.01. The molecule has 0 radical (unpaired) electrons. The average molecular weight is 321 g/mol. The molecule has 4 heteroatoms. The lowest BCUT2D eigenvalue weighted by Gasteiger charge is -2.11. The maximum Gasteiger partial charge on any atom is 0.338 e. The molecule has 0 amide bonds. The van der Waals surface area contributed by atoms with E-state index < -0.39 is 0 Å². The van der Waals surface area contributed by atoms with Crippen molar-refractivity contribution in [1.29, 1.82) is 0 Å². The maximum absolute atomic E-state index is 12.0. The van der Waals surface area contributed by atoms with E-state index in [-0.39, 0.29) is 5.97 Å². The minimum absolute atomic E-state index is 0.307. The van der Waals surface area contributed by atoms with Gasteiger partial charge in [-0.25, -0.2) is 4.79 Å². The summed E-state index contributed by atoms with van der Waals surface area (Å²) in [6.45, 7) is 2.16. The van der Waals surface area contributed by atoms with Crippen LogP contribution in [0.15, 0.2) is 60.7 Å². The molecule has 0 aromatic heterocycles. The molecule has 0 bridgehead atoms. The first-order valence-electron chi connectivity index (χ1n) is 7.82. The Bertz CT molecular complexity index is 856. The lowest BCUT2D eigenvalue weighted by atomic mass is 10.0. The van der Waals surface area contributed by atoms with Crippen molar-refractivity contribution in [2.24, 2.45) is 0 Å². The first kappa shape index (κ1) is 15.9. The molecule has 0 saturated heterocycles. The summed E-state index contributed by atoms with van der Waals surface area (Å²) < 4.78 is 10.3. The Morgan fingerprint density at radius 3 is 2.54 bits per heavy atom. The standard InChI is InChI=1S/C20H19NO3/c1-3-24-20(22)15-8-7-14-5-4-6-19(18(14)13-15)21-16-9-11-17(23-2)12-10-16/h4-13,21H,3H2,1-2H3. The van der Waals surface area contributed by atoms with E-state index in [1.165, 1.54) is 0 Å². The molecule has 0 spiro atoms. The lowest BCUT2D eigenvalue weighted by molar-refractivity contribution is 0.0526. The molecule has 3 aromatic carbocycles. The van der Waals surface area contributed by atoms with Gasteiger partial charge in [-0.05, 0) is 54.8 Å². The number of carbonyl (C=O) groups excluding carboxylic acids is 1. The molecule has 0 aliphatic rings. The summed E-state index contributed by atoms with van der Waals surface area (Å²) in [6, 6.07) is 19.3. The van der Waals surface area contributed by atoms with Gasteiger partial charge in [0.1, 0.15) is 5.75 Å². The predicted molar refractivity (Wildman–Crippen MR) is 96.2 cm³/mol. The van der Waals surface area contributed by atoms with Crippen molar-refractivity contribution in [2.45, 2.75) is 6.92 Å². The number of hydrogen-bond acceptors (Lipinski definition) is 4. The Morgan fingerprint density at radius 2 is 1.83 bits per heavy atom. The van der Waals surface area contributed by atoms with Crippen LogP contribution >= 0.6 is 0 Å². The van der Waals surface area contributed by atoms with Gasteiger partial charge in [0.2, 0.25) is 0 Å². The molecule has 122 valence electrons. The summed E-state index contributed by atoms with van der Waals surface area (Å²) in [7, 11) is 1.64. The number of carbonyl (C=O) groups is 1. The van der Waals surface area contributed by atoms with E-state index in [4.69, 9.17) is 9.47 Å². The van der Waals surface area contributed by atoms with Gasteiger partial charge in [-0.1, -0.05) is 18.2 Å². The minimum Gasteiger partial charge on any atom is -0.497 e. The topological polar surface area (TPSA) is 47.6 Å². The number of fused-ring (bicyclic) bond motifs is 1. The van der Waals surface area contributed by atoms with Crippen LogP contribution in [0.5, 0.6) is 5.75 Å². The summed E-state index contributed by atoms with van der Waals surface area (Å²) in [5, 5.41) is 5.42. The molecule has 3 aromatic rings. The second kappa shape index (κ2) is 7.04. The number of rotatable bonds is 5. The highest BCUT2D eigenvalue weighted by molar-refractivity contribution is 6.01. The molecule has 0 atom stereocenters. The number of hydrogen-bond donors (Lipinski definition) is 1. The molecular weight excluding hydrogens is 302 g/mol. The van der Waals surface area contributed by atoms with Crippen molar-refractivity contribution in [3.8, 4) is 5.75 Å². The summed E-state index contributed by atoms with van der Waals surface area (Å²) in [6.07, 6.45) is 0. The van der Waals surface area contributed by atoms with E-state index in [1.54, 1.807) is 20.1 Å². The van der Waals surface area contributed by atoms with Crippen molar-refractivity contribution in [3.05, 3.63) is 66.2 Å². The highest BCUT2D eigenvalue weighted by atomic mass is 16.5. The van der Waals surface area contributed by atoms with Crippen LogP contribution in [0.3, 0.4) is 0 Å². The molecular formula is C20H19NO3. The van der Waals surface area contributed by atoms with Crippen LogP contribution in [0.2, 0.25) is 0 Å². The van der Waals surface area contributed by atoms with Crippen molar-refractivity contribution in [2.75, 3.05) is 19.0 Å². The van der Waals surface area contributed by atoms with Crippen molar-refractivity contribution in [1.82, 2.24) is 0 Å². The van der Waals surface area contributed by atoms with Crippen LogP contribution < -0.4 is 10.1 Å². The average Bonchev–Trinajstić information content (AvgIpc) is 2.62. The van der Waals surface area contributed by atoms with Gasteiger partial charge in [0.05, 0.1) is 19.3 Å². The molecule has 24 heavy (non-hydrogen) atoms. The van der Waals surface area contributed by atoms with Crippen LogP contribution in [0.25, 0.3) is 10.8 Å². The van der Waals surface area contributed by atoms with Crippen LogP contribution in [0, 0.1) is 0 Å². The minimum atomic E-state index is -0.307. The van der Waals surface area contributed by atoms with Gasteiger partial charge in [0.15, 0.2) is 0 Å². The van der Waals surface area contributed by atoms with Crippen molar-refractivity contribution >= 4 is 28.1 Å². The number of methoxy groups -OCH3 is 1. The summed E-state index contributed by atoms with van der Waals surface area (Å²) in [5.41, 5.74) is 2.43. The first-order valence-corrected chi connectivity index (χ1v) is 7.82. The van der Waals surface area contributed by atoms with Gasteiger partial charge in [-0.3, -0.25) is 0 Å². The molecule has 0 unspecified atom stereocenters. The van der Waals surface area contributed by atoms with Crippen molar-refractivity contribution < 1.29 is 14.3 Å². The van der Waals surface area contributed by atoms with E-state index in [0.29, 0.717) is 12.2 Å². The zero-order valence-electron chi connectivity index (χ0n) is 13.7. The summed E-state index contributed by atoms with van der Waals surface area (Å²) in [4.78, 5) is 12.0. The second-order valence-electron chi connectivity index (χ2n) is 5.32. The fourth-order valence-electron chi connectivity index (χ4n) is 2.55. The van der Waals surface area contributed by atoms with Gasteiger partial charge >= 0.3 is 5.97 Å². The number of benzene rings is 3. The first-order chi connectivity index (χ1) is 11.7. The second-order valence-corrected chi connectivity index (χ2v) is 5.32. The molecule has 1 N–H and O–H groups in total. The normalized spacial score (nSPS) is 10.4. The third kappa shape index (κ3) is 3.33. The molecule has 0 heterocycles. The Kier molecular flexibility index (Phi) is 4.66. The quantitative estimate of drug-likeness (QED) is 0.688. The SMILES string of the molecule is CCOC(=O)c1ccc2cccc(Nc3ccc(OC)cc3)c2c1. The third-order valence-corrected chi connectivity index (χ3v) is 3.76. The van der Waals surface area contributed by atoms with E-state index in [2.05, 4.69) is 5.32 Å². The van der Waals surface area contributed by atoms with Gasteiger partial charge in [-0.2, -0.15) is 0 Å². The number of nitrogens with one attached hydrogen (secondary N) is 1. The van der Waals surface area contributed by atoms with E-state index in [0.717, 1.165) is 27.9 Å². The van der Waals surface area contributed by atoms with E-state index >= 15 is 0 Å². The molecule has 0 fully saturated rings. The smallest absolute Gasteiger partial charge is 0.338 e. The molecule has 0 aliphatic heterocycles. The van der Waals surface area contributed by atoms with Gasteiger partial charge in [0.25, 0.3) is 0 Å².